The maximum Gasteiger partial charge on any atom is 0.263 e. The topological polar surface area (TPSA) is 66.0 Å². The molecule has 8 heteroatoms. The number of carbonyl (C=O) groups is 1. The Balaban J connectivity index is 1.60. The molecule has 0 atom stereocenters. The van der Waals surface area contributed by atoms with E-state index in [-0.39, 0.29) is 5.91 Å². The van der Waals surface area contributed by atoms with Crippen LogP contribution < -0.4 is 24.3 Å². The van der Waals surface area contributed by atoms with Gasteiger partial charge in [-0.15, -0.1) is 0 Å². The van der Waals surface area contributed by atoms with Gasteiger partial charge in [-0.2, -0.15) is 0 Å². The maximum atomic E-state index is 11.9. The molecule has 0 aliphatic carbocycles. The molecule has 1 aliphatic rings. The molecule has 0 bridgehead atoms. The molecular formula is C21H21NO5S2. The molecule has 2 aromatic rings. The van der Waals surface area contributed by atoms with E-state index in [1.165, 1.54) is 11.8 Å². The van der Waals surface area contributed by atoms with Crippen LogP contribution in [0, 0.1) is 0 Å². The summed E-state index contributed by atoms with van der Waals surface area (Å²) in [5.41, 5.74) is 0.753. The van der Waals surface area contributed by atoms with E-state index >= 15 is 0 Å². The molecule has 1 heterocycles. The SMILES string of the molecule is COc1ccc(OCCCOc2c(/C=C3\SC(=S)NC3=O)cccc2OC)cc1. The molecule has 0 aromatic heterocycles. The van der Waals surface area contributed by atoms with Gasteiger partial charge in [-0.1, -0.05) is 36.1 Å². The summed E-state index contributed by atoms with van der Waals surface area (Å²) < 4.78 is 22.7. The number of amides is 1. The largest absolute Gasteiger partial charge is 0.497 e. The summed E-state index contributed by atoms with van der Waals surface area (Å²) in [6, 6.07) is 13.0. The quantitative estimate of drug-likeness (QED) is 0.365. The number of carbonyl (C=O) groups excluding carboxylic acids is 1. The molecule has 0 unspecified atom stereocenters. The van der Waals surface area contributed by atoms with Gasteiger partial charge >= 0.3 is 0 Å². The van der Waals surface area contributed by atoms with E-state index in [1.54, 1.807) is 20.3 Å². The molecule has 29 heavy (non-hydrogen) atoms. The van der Waals surface area contributed by atoms with Crippen LogP contribution in [-0.4, -0.2) is 37.7 Å². The van der Waals surface area contributed by atoms with E-state index < -0.39 is 0 Å². The van der Waals surface area contributed by atoms with Gasteiger partial charge in [0.05, 0.1) is 32.3 Å². The number of thiocarbonyl (C=S) groups is 1. The standard InChI is InChI=1S/C21H21NO5S2/c1-24-15-7-9-16(10-8-15)26-11-4-12-27-19-14(5-3-6-17(19)25-2)13-18-20(23)22-21(28)29-18/h3,5-10,13H,4,11-12H2,1-2H3,(H,22,23,28)/b18-13-. The molecular weight excluding hydrogens is 410 g/mol. The number of rotatable bonds is 9. The Labute approximate surface area is 179 Å². The predicted molar refractivity (Wildman–Crippen MR) is 118 cm³/mol. The molecule has 1 saturated heterocycles. The molecule has 1 aliphatic heterocycles. The molecule has 1 amide bonds. The van der Waals surface area contributed by atoms with Gasteiger partial charge in [0.15, 0.2) is 11.5 Å². The van der Waals surface area contributed by atoms with Crippen LogP contribution >= 0.6 is 24.0 Å². The second kappa shape index (κ2) is 10.2. The first-order chi connectivity index (χ1) is 14.1. The zero-order valence-electron chi connectivity index (χ0n) is 16.1. The van der Waals surface area contributed by atoms with Crippen molar-refractivity contribution in [2.75, 3.05) is 27.4 Å². The number of nitrogens with one attached hydrogen (secondary N) is 1. The Morgan fingerprint density at radius 1 is 1.00 bits per heavy atom. The van der Waals surface area contributed by atoms with E-state index in [0.29, 0.717) is 40.4 Å². The Bertz CT molecular complexity index is 912. The van der Waals surface area contributed by atoms with E-state index in [4.69, 9.17) is 31.2 Å². The van der Waals surface area contributed by atoms with Gasteiger partial charge in [0.2, 0.25) is 0 Å². The van der Waals surface area contributed by atoms with Gasteiger partial charge in [-0.25, -0.2) is 0 Å². The third-order valence-corrected chi connectivity index (χ3v) is 5.18. The van der Waals surface area contributed by atoms with Gasteiger partial charge in [0.25, 0.3) is 5.91 Å². The minimum absolute atomic E-state index is 0.207. The van der Waals surface area contributed by atoms with Crippen molar-refractivity contribution in [1.29, 1.82) is 0 Å². The average molecular weight is 432 g/mol. The fraction of sp³-hybridized carbons (Fsp3) is 0.238. The van der Waals surface area contributed by atoms with Crippen LogP contribution in [-0.2, 0) is 4.79 Å². The second-order valence-electron chi connectivity index (χ2n) is 5.96. The fourth-order valence-electron chi connectivity index (χ4n) is 2.62. The van der Waals surface area contributed by atoms with Crippen LogP contribution in [0.4, 0.5) is 0 Å². The van der Waals surface area contributed by atoms with Crippen molar-refractivity contribution < 1.29 is 23.7 Å². The van der Waals surface area contributed by atoms with E-state index in [2.05, 4.69) is 5.32 Å². The van der Waals surface area contributed by atoms with Crippen LogP contribution in [0.5, 0.6) is 23.0 Å². The molecule has 6 nitrogen and oxygen atoms in total. The van der Waals surface area contributed by atoms with Crippen molar-refractivity contribution in [2.24, 2.45) is 0 Å². The summed E-state index contributed by atoms with van der Waals surface area (Å²) in [4.78, 5) is 12.5. The van der Waals surface area contributed by atoms with Gasteiger partial charge in [-0.3, -0.25) is 4.79 Å². The Morgan fingerprint density at radius 2 is 1.72 bits per heavy atom. The van der Waals surface area contributed by atoms with E-state index in [0.717, 1.165) is 17.1 Å². The van der Waals surface area contributed by atoms with Crippen molar-refractivity contribution in [1.82, 2.24) is 5.32 Å². The number of hydrogen-bond acceptors (Lipinski definition) is 7. The average Bonchev–Trinajstić information content (AvgIpc) is 3.05. The zero-order valence-corrected chi connectivity index (χ0v) is 17.7. The number of ether oxygens (including phenoxy) is 4. The molecule has 0 saturated carbocycles. The smallest absolute Gasteiger partial charge is 0.263 e. The summed E-state index contributed by atoms with van der Waals surface area (Å²) in [7, 11) is 3.21. The first-order valence-electron chi connectivity index (χ1n) is 8.92. The van der Waals surface area contributed by atoms with Gasteiger partial charge in [0.1, 0.15) is 15.8 Å². The molecule has 1 fully saturated rings. The van der Waals surface area contributed by atoms with Gasteiger partial charge in [-0.05, 0) is 36.4 Å². The third-order valence-electron chi connectivity index (χ3n) is 4.02. The van der Waals surface area contributed by atoms with E-state index in [9.17, 15) is 4.79 Å². The first kappa shape index (κ1) is 21.0. The van der Waals surface area contributed by atoms with Crippen molar-refractivity contribution in [2.45, 2.75) is 6.42 Å². The molecule has 2 aromatic carbocycles. The summed E-state index contributed by atoms with van der Waals surface area (Å²) in [6.45, 7) is 0.939. The van der Waals surface area contributed by atoms with Crippen LogP contribution in [0.3, 0.4) is 0 Å². The summed E-state index contributed by atoms with van der Waals surface area (Å²) in [5.74, 6) is 2.53. The molecule has 152 valence electrons. The number of para-hydroxylation sites is 1. The lowest BCUT2D eigenvalue weighted by atomic mass is 10.1. The van der Waals surface area contributed by atoms with Crippen LogP contribution in [0.1, 0.15) is 12.0 Å². The van der Waals surface area contributed by atoms with Crippen molar-refractivity contribution in [3.8, 4) is 23.0 Å². The van der Waals surface area contributed by atoms with Gasteiger partial charge in [0, 0.05) is 12.0 Å². The molecule has 3 rings (SSSR count). The maximum absolute atomic E-state index is 11.9. The van der Waals surface area contributed by atoms with Crippen LogP contribution in [0.2, 0.25) is 0 Å². The number of hydrogen-bond donors (Lipinski definition) is 1. The highest BCUT2D eigenvalue weighted by atomic mass is 32.2. The minimum atomic E-state index is -0.207. The lowest BCUT2D eigenvalue weighted by molar-refractivity contribution is -0.115. The van der Waals surface area contributed by atoms with Crippen molar-refractivity contribution in [3.63, 3.8) is 0 Å². The second-order valence-corrected chi connectivity index (χ2v) is 7.68. The molecule has 1 N–H and O–H groups in total. The highest BCUT2D eigenvalue weighted by molar-refractivity contribution is 8.26. The highest BCUT2D eigenvalue weighted by Gasteiger charge is 2.23. The number of benzene rings is 2. The van der Waals surface area contributed by atoms with Crippen molar-refractivity contribution >= 4 is 40.3 Å². The minimum Gasteiger partial charge on any atom is -0.497 e. The summed E-state index contributed by atoms with van der Waals surface area (Å²) >= 11 is 6.27. The zero-order chi connectivity index (χ0) is 20.6. The summed E-state index contributed by atoms with van der Waals surface area (Å²) in [5, 5.41) is 2.61. The predicted octanol–water partition coefficient (Wildman–Crippen LogP) is 4.04. The van der Waals surface area contributed by atoms with Crippen LogP contribution in [0.25, 0.3) is 6.08 Å². The lowest BCUT2D eigenvalue weighted by Crippen LogP contribution is -2.17. The van der Waals surface area contributed by atoms with E-state index in [1.807, 2.05) is 42.5 Å². The third kappa shape index (κ3) is 5.65. The first-order valence-corrected chi connectivity index (χ1v) is 10.1. The summed E-state index contributed by atoms with van der Waals surface area (Å²) in [6.07, 6.45) is 2.43. The van der Waals surface area contributed by atoms with Crippen molar-refractivity contribution in [3.05, 3.63) is 52.9 Å². The Kier molecular flexibility index (Phi) is 7.37. The van der Waals surface area contributed by atoms with Crippen LogP contribution in [0.15, 0.2) is 47.4 Å². The number of thioether (sulfide) groups is 1. The fourth-order valence-corrected chi connectivity index (χ4v) is 3.65. The lowest BCUT2D eigenvalue weighted by Gasteiger charge is -2.14. The molecule has 0 spiro atoms. The normalized spacial score (nSPS) is 14.6. The highest BCUT2D eigenvalue weighted by Crippen LogP contribution is 2.35. The number of methoxy groups -OCH3 is 2. The monoisotopic (exact) mass is 431 g/mol. The Hall–Kier alpha value is -2.71. The molecule has 0 radical (unpaired) electrons. The Morgan fingerprint density at radius 3 is 2.38 bits per heavy atom. The van der Waals surface area contributed by atoms with Gasteiger partial charge < -0.3 is 24.3 Å².